The first-order valence-corrected chi connectivity index (χ1v) is 9.98. The fourth-order valence-electron chi connectivity index (χ4n) is 3.34. The van der Waals surface area contributed by atoms with Crippen molar-refractivity contribution in [1.82, 2.24) is 15.2 Å². The summed E-state index contributed by atoms with van der Waals surface area (Å²) in [7, 11) is 2.12. The van der Waals surface area contributed by atoms with Gasteiger partial charge in [0.2, 0.25) is 0 Å². The normalized spacial score (nSPS) is 17.7. The molecule has 1 fully saturated rings. The lowest BCUT2D eigenvalue weighted by Crippen LogP contribution is -2.31. The minimum absolute atomic E-state index is 0.156. The smallest absolute Gasteiger partial charge is 0.263 e. The molecule has 2 heterocycles. The topological polar surface area (TPSA) is 45.2 Å². The molecule has 0 radical (unpaired) electrons. The van der Waals surface area contributed by atoms with E-state index >= 15 is 0 Å². The third-order valence-corrected chi connectivity index (χ3v) is 6.60. The molecule has 1 aliphatic rings. The van der Waals surface area contributed by atoms with Crippen LogP contribution in [0.2, 0.25) is 5.02 Å². The number of rotatable bonds is 5. The van der Waals surface area contributed by atoms with Crippen LogP contribution in [-0.2, 0) is 0 Å². The Labute approximate surface area is 162 Å². The number of aryl methyl sites for hydroxylation is 2. The van der Waals surface area contributed by atoms with Crippen LogP contribution in [0.15, 0.2) is 12.1 Å². The lowest BCUT2D eigenvalue weighted by atomic mass is 10.1. The van der Waals surface area contributed by atoms with E-state index in [0.29, 0.717) is 33.2 Å². The zero-order valence-electron chi connectivity index (χ0n) is 15.2. The molecule has 7 heteroatoms. The molecule has 1 aromatic carbocycles. The first kappa shape index (κ1) is 19.3. The summed E-state index contributed by atoms with van der Waals surface area (Å²) in [6.45, 7) is 5.33. The van der Waals surface area contributed by atoms with Crippen LogP contribution in [0.4, 0.5) is 4.39 Å². The van der Waals surface area contributed by atoms with E-state index in [1.807, 2.05) is 6.92 Å². The second-order valence-electron chi connectivity index (χ2n) is 6.81. The Kier molecular flexibility index (Phi) is 5.95. The number of thiazole rings is 1. The van der Waals surface area contributed by atoms with Crippen LogP contribution < -0.4 is 5.32 Å². The minimum atomic E-state index is -0.425. The maximum atomic E-state index is 14.2. The summed E-state index contributed by atoms with van der Waals surface area (Å²) >= 11 is 7.45. The average Bonchev–Trinajstić information content (AvgIpc) is 3.17. The van der Waals surface area contributed by atoms with Gasteiger partial charge in [-0.25, -0.2) is 9.37 Å². The van der Waals surface area contributed by atoms with Crippen molar-refractivity contribution in [3.05, 3.63) is 39.1 Å². The molecule has 4 nitrogen and oxygen atoms in total. The summed E-state index contributed by atoms with van der Waals surface area (Å²) in [6.07, 6.45) is 3.34. The second kappa shape index (κ2) is 8.03. The van der Waals surface area contributed by atoms with Gasteiger partial charge in [-0.1, -0.05) is 17.7 Å². The van der Waals surface area contributed by atoms with E-state index in [1.165, 1.54) is 30.2 Å². The molecule has 1 saturated heterocycles. The highest BCUT2D eigenvalue weighted by Crippen LogP contribution is 2.36. The maximum Gasteiger partial charge on any atom is 0.263 e. The number of aromatic nitrogens is 1. The van der Waals surface area contributed by atoms with Gasteiger partial charge in [0.05, 0.1) is 16.3 Å². The number of nitrogens with zero attached hydrogens (tertiary/aromatic N) is 2. The van der Waals surface area contributed by atoms with Gasteiger partial charge in [0, 0.05) is 12.6 Å². The zero-order chi connectivity index (χ0) is 18.8. The molecule has 1 aromatic heterocycles. The van der Waals surface area contributed by atoms with Crippen molar-refractivity contribution in [2.24, 2.45) is 0 Å². The minimum Gasteiger partial charge on any atom is -0.351 e. The van der Waals surface area contributed by atoms with Gasteiger partial charge in [0.25, 0.3) is 5.91 Å². The van der Waals surface area contributed by atoms with Crippen LogP contribution in [0.25, 0.3) is 10.6 Å². The van der Waals surface area contributed by atoms with E-state index in [9.17, 15) is 9.18 Å². The first-order chi connectivity index (χ1) is 12.4. The zero-order valence-corrected chi connectivity index (χ0v) is 16.8. The van der Waals surface area contributed by atoms with Gasteiger partial charge >= 0.3 is 0 Å². The maximum absolute atomic E-state index is 14.2. The molecule has 0 bridgehead atoms. The molecule has 2 aromatic rings. The SMILES string of the molecule is Cc1ccc(F)c(-c2nc(C)c(C(=O)NCCC3CCCN3C)s2)c1Cl. The third kappa shape index (κ3) is 3.92. The number of halogens is 2. The predicted octanol–water partition coefficient (Wildman–Crippen LogP) is 4.43. The summed E-state index contributed by atoms with van der Waals surface area (Å²) in [4.78, 5) is 19.8. The molecular weight excluding hydrogens is 373 g/mol. The van der Waals surface area contributed by atoms with Crippen LogP contribution in [0.5, 0.6) is 0 Å². The predicted molar refractivity (Wildman–Crippen MR) is 105 cm³/mol. The molecule has 0 spiro atoms. The molecular formula is C19H23ClFN3OS. The fourth-order valence-corrected chi connectivity index (χ4v) is 4.68. The molecule has 0 saturated carbocycles. The van der Waals surface area contributed by atoms with Crippen molar-refractivity contribution in [3.63, 3.8) is 0 Å². The fraction of sp³-hybridized carbons (Fsp3) is 0.474. The van der Waals surface area contributed by atoms with E-state index in [4.69, 9.17) is 11.6 Å². The number of carbonyl (C=O) groups excluding carboxylic acids is 1. The Morgan fingerprint density at radius 3 is 2.92 bits per heavy atom. The van der Waals surface area contributed by atoms with Gasteiger partial charge in [0.1, 0.15) is 15.7 Å². The van der Waals surface area contributed by atoms with Gasteiger partial charge < -0.3 is 10.2 Å². The number of nitrogens with one attached hydrogen (secondary N) is 1. The molecule has 1 aliphatic heterocycles. The largest absolute Gasteiger partial charge is 0.351 e. The number of carbonyl (C=O) groups is 1. The standard InChI is InChI=1S/C19H23ClFN3OS/c1-11-6-7-14(21)15(16(11)20)19-23-12(2)17(26-19)18(25)22-9-8-13-5-4-10-24(13)3/h6-7,13H,4-5,8-10H2,1-3H3,(H,22,25). The van der Waals surface area contributed by atoms with E-state index in [0.717, 1.165) is 18.5 Å². The lowest BCUT2D eigenvalue weighted by molar-refractivity contribution is 0.0953. The summed E-state index contributed by atoms with van der Waals surface area (Å²) in [6, 6.07) is 3.55. The monoisotopic (exact) mass is 395 g/mol. The van der Waals surface area contributed by atoms with Crippen molar-refractivity contribution in [3.8, 4) is 10.6 Å². The number of likely N-dealkylation sites (tertiary alicyclic amines) is 1. The third-order valence-electron chi connectivity index (χ3n) is 4.94. The molecule has 26 heavy (non-hydrogen) atoms. The molecule has 140 valence electrons. The quantitative estimate of drug-likeness (QED) is 0.814. The second-order valence-corrected chi connectivity index (χ2v) is 8.19. The lowest BCUT2D eigenvalue weighted by Gasteiger charge is -2.19. The summed E-state index contributed by atoms with van der Waals surface area (Å²) in [5.74, 6) is -0.582. The van der Waals surface area contributed by atoms with E-state index in [1.54, 1.807) is 13.0 Å². The number of hydrogen-bond acceptors (Lipinski definition) is 4. The van der Waals surface area contributed by atoms with Crippen molar-refractivity contribution in [2.75, 3.05) is 20.1 Å². The van der Waals surface area contributed by atoms with E-state index in [2.05, 4.69) is 22.2 Å². The van der Waals surface area contributed by atoms with Crippen molar-refractivity contribution in [2.45, 2.75) is 39.2 Å². The molecule has 1 atom stereocenters. The highest BCUT2D eigenvalue weighted by molar-refractivity contribution is 7.17. The van der Waals surface area contributed by atoms with E-state index < -0.39 is 5.82 Å². The number of benzene rings is 1. The summed E-state index contributed by atoms with van der Waals surface area (Å²) in [5.41, 5.74) is 1.64. The highest BCUT2D eigenvalue weighted by atomic mass is 35.5. The van der Waals surface area contributed by atoms with Gasteiger partial charge in [-0.15, -0.1) is 11.3 Å². The number of amides is 1. The van der Waals surface area contributed by atoms with Crippen LogP contribution in [0.1, 0.15) is 40.2 Å². The molecule has 0 aliphatic carbocycles. The summed E-state index contributed by atoms with van der Waals surface area (Å²) < 4.78 is 14.2. The van der Waals surface area contributed by atoms with Gasteiger partial charge in [-0.3, -0.25) is 4.79 Å². The Morgan fingerprint density at radius 2 is 2.23 bits per heavy atom. The summed E-state index contributed by atoms with van der Waals surface area (Å²) in [5, 5.41) is 3.75. The van der Waals surface area contributed by atoms with Crippen LogP contribution in [0.3, 0.4) is 0 Å². The molecule has 1 amide bonds. The van der Waals surface area contributed by atoms with Gasteiger partial charge in [-0.05, 0) is 58.3 Å². The van der Waals surface area contributed by atoms with E-state index in [-0.39, 0.29) is 11.5 Å². The Morgan fingerprint density at radius 1 is 1.46 bits per heavy atom. The Hall–Kier alpha value is -1.50. The average molecular weight is 396 g/mol. The van der Waals surface area contributed by atoms with Crippen molar-refractivity contribution >= 4 is 28.8 Å². The molecule has 1 unspecified atom stereocenters. The van der Waals surface area contributed by atoms with Crippen LogP contribution in [-0.4, -0.2) is 42.0 Å². The Balaban J connectivity index is 1.72. The van der Waals surface area contributed by atoms with Crippen LogP contribution >= 0.6 is 22.9 Å². The van der Waals surface area contributed by atoms with Crippen molar-refractivity contribution in [1.29, 1.82) is 0 Å². The van der Waals surface area contributed by atoms with Crippen molar-refractivity contribution < 1.29 is 9.18 Å². The Bertz CT molecular complexity index is 823. The molecule has 3 rings (SSSR count). The van der Waals surface area contributed by atoms with Crippen LogP contribution in [0, 0.1) is 19.7 Å². The first-order valence-electron chi connectivity index (χ1n) is 8.79. The highest BCUT2D eigenvalue weighted by Gasteiger charge is 2.23. The molecule has 1 N–H and O–H groups in total. The van der Waals surface area contributed by atoms with Gasteiger partial charge in [-0.2, -0.15) is 0 Å². The van der Waals surface area contributed by atoms with Gasteiger partial charge in [0.15, 0.2) is 0 Å². The number of hydrogen-bond donors (Lipinski definition) is 1.